The average molecular weight is 480 g/mol. The van der Waals surface area contributed by atoms with E-state index in [1.807, 2.05) is 0 Å². The number of anilines is 1. The quantitative estimate of drug-likeness (QED) is 0.501. The Bertz CT molecular complexity index is 1110. The molecule has 2 N–H and O–H groups in total. The fraction of sp³-hybridized carbons (Fsp3) is 0.300. The van der Waals surface area contributed by atoms with E-state index < -0.39 is 6.03 Å². The molecule has 1 aliphatic carbocycles. The lowest BCUT2D eigenvalue weighted by atomic mass is 10.2. The number of nitrogens with one attached hydrogen (secondary N) is 2. The van der Waals surface area contributed by atoms with Crippen molar-refractivity contribution >= 4 is 51.6 Å². The van der Waals surface area contributed by atoms with Crippen LogP contribution in [0.15, 0.2) is 34.3 Å². The van der Waals surface area contributed by atoms with E-state index in [0.29, 0.717) is 51.2 Å². The van der Waals surface area contributed by atoms with E-state index in [4.69, 9.17) is 27.7 Å². The molecule has 3 aromatic rings. The lowest BCUT2D eigenvalue weighted by Crippen LogP contribution is -2.28. The first-order valence-electron chi connectivity index (χ1n) is 9.54. The van der Waals surface area contributed by atoms with E-state index in [1.54, 1.807) is 35.5 Å². The monoisotopic (exact) mass is 479 g/mol. The summed E-state index contributed by atoms with van der Waals surface area (Å²) < 4.78 is 5.25. The normalized spacial score (nSPS) is 13.1. The van der Waals surface area contributed by atoms with Crippen LogP contribution in [-0.2, 0) is 13.1 Å². The minimum absolute atomic E-state index is 0.162. The molecule has 1 saturated carbocycles. The molecule has 0 bridgehead atoms. The number of halogens is 2. The number of hydrogen-bond acceptors (Lipinski definition) is 6. The van der Waals surface area contributed by atoms with Crippen LogP contribution in [0.2, 0.25) is 10.0 Å². The van der Waals surface area contributed by atoms with Gasteiger partial charge in [-0.2, -0.15) is 0 Å². The first-order chi connectivity index (χ1) is 14.9. The van der Waals surface area contributed by atoms with Crippen molar-refractivity contribution in [1.82, 2.24) is 20.4 Å². The molecule has 0 saturated heterocycles. The van der Waals surface area contributed by atoms with Crippen LogP contribution in [0.3, 0.4) is 0 Å². The highest BCUT2D eigenvalue weighted by Gasteiger charge is 2.33. The Morgan fingerprint density at radius 3 is 2.84 bits per heavy atom. The third-order valence-corrected chi connectivity index (χ3v) is 6.28. The largest absolute Gasteiger partial charge is 0.360 e. The van der Waals surface area contributed by atoms with Crippen molar-refractivity contribution in [3.05, 3.63) is 62.4 Å². The van der Waals surface area contributed by atoms with Gasteiger partial charge >= 0.3 is 6.03 Å². The van der Waals surface area contributed by atoms with Gasteiger partial charge in [-0.05, 0) is 30.5 Å². The highest BCUT2D eigenvalue weighted by molar-refractivity contribution is 7.13. The maximum absolute atomic E-state index is 12.7. The van der Waals surface area contributed by atoms with Crippen LogP contribution < -0.4 is 10.6 Å². The van der Waals surface area contributed by atoms with Gasteiger partial charge in [0, 0.05) is 24.9 Å². The van der Waals surface area contributed by atoms with E-state index in [1.165, 1.54) is 17.5 Å². The second-order valence-corrected chi connectivity index (χ2v) is 8.91. The molecule has 0 unspecified atom stereocenters. The van der Waals surface area contributed by atoms with Crippen LogP contribution in [-0.4, -0.2) is 34.0 Å². The lowest BCUT2D eigenvalue weighted by Gasteiger charge is -2.15. The minimum Gasteiger partial charge on any atom is -0.360 e. The Morgan fingerprint density at radius 1 is 1.29 bits per heavy atom. The molecule has 3 amide bonds. The molecule has 1 fully saturated rings. The van der Waals surface area contributed by atoms with Crippen molar-refractivity contribution in [2.75, 3.05) is 12.4 Å². The van der Waals surface area contributed by atoms with Crippen molar-refractivity contribution < 1.29 is 14.1 Å². The maximum Gasteiger partial charge on any atom is 0.321 e. The fourth-order valence-electron chi connectivity index (χ4n) is 2.98. The second kappa shape index (κ2) is 9.25. The summed E-state index contributed by atoms with van der Waals surface area (Å²) >= 11 is 13.2. The number of rotatable bonds is 7. The van der Waals surface area contributed by atoms with Crippen LogP contribution in [0.5, 0.6) is 0 Å². The number of urea groups is 1. The molecule has 2 heterocycles. The lowest BCUT2D eigenvalue weighted by molar-refractivity contribution is 0.0781. The van der Waals surface area contributed by atoms with Gasteiger partial charge in [0.1, 0.15) is 5.56 Å². The summed E-state index contributed by atoms with van der Waals surface area (Å²) in [6.45, 7) is 0.595. The topological polar surface area (TPSA) is 100 Å². The fourth-order valence-corrected chi connectivity index (χ4v) is 4.00. The van der Waals surface area contributed by atoms with Crippen molar-refractivity contribution in [2.45, 2.75) is 31.8 Å². The number of thiazole rings is 1. The zero-order chi connectivity index (χ0) is 22.0. The molecule has 4 rings (SSSR count). The van der Waals surface area contributed by atoms with Crippen molar-refractivity contribution in [1.29, 1.82) is 0 Å². The summed E-state index contributed by atoms with van der Waals surface area (Å²) in [5.74, 6) is 0.800. The molecule has 0 aliphatic heterocycles. The van der Waals surface area contributed by atoms with Gasteiger partial charge in [-0.1, -0.05) is 34.4 Å². The molecule has 1 aliphatic rings. The summed E-state index contributed by atoms with van der Waals surface area (Å²) in [6, 6.07) is 4.77. The number of benzene rings is 1. The smallest absolute Gasteiger partial charge is 0.321 e. The molecule has 162 valence electrons. The minimum atomic E-state index is -0.394. The van der Waals surface area contributed by atoms with Crippen LogP contribution >= 0.6 is 34.5 Å². The van der Waals surface area contributed by atoms with Gasteiger partial charge in [-0.3, -0.25) is 10.1 Å². The van der Waals surface area contributed by atoms with Gasteiger partial charge in [-0.25, -0.2) is 9.78 Å². The number of carbonyl (C=O) groups excluding carboxylic acids is 2. The molecule has 0 radical (unpaired) electrons. The van der Waals surface area contributed by atoms with Crippen LogP contribution in [0.4, 0.5) is 9.93 Å². The molecular weight excluding hydrogens is 461 g/mol. The first-order valence-corrected chi connectivity index (χ1v) is 11.2. The highest BCUT2D eigenvalue weighted by atomic mass is 35.5. The zero-order valence-corrected chi connectivity index (χ0v) is 18.9. The molecule has 11 heteroatoms. The van der Waals surface area contributed by atoms with Gasteiger partial charge < -0.3 is 14.7 Å². The molecule has 0 atom stereocenters. The van der Waals surface area contributed by atoms with Crippen LogP contribution in [0, 0.1) is 0 Å². The average Bonchev–Trinajstić information content (AvgIpc) is 3.31. The number of nitrogens with zero attached hydrogens (tertiary/aromatic N) is 3. The summed E-state index contributed by atoms with van der Waals surface area (Å²) in [6.07, 6.45) is 3.51. The van der Waals surface area contributed by atoms with Crippen molar-refractivity contribution in [3.63, 3.8) is 0 Å². The van der Waals surface area contributed by atoms with E-state index in [9.17, 15) is 9.59 Å². The summed E-state index contributed by atoms with van der Waals surface area (Å²) in [4.78, 5) is 30.8. The molecule has 2 aromatic heterocycles. The van der Waals surface area contributed by atoms with Gasteiger partial charge in [0.05, 0.1) is 28.5 Å². The van der Waals surface area contributed by atoms with Crippen LogP contribution in [0.25, 0.3) is 0 Å². The Labute approximate surface area is 192 Å². The Morgan fingerprint density at radius 2 is 2.10 bits per heavy atom. The first kappa shape index (κ1) is 21.6. The summed E-state index contributed by atoms with van der Waals surface area (Å²) in [5, 5.41) is 12.3. The molecular formula is C20H19Cl2N5O3S. The Balaban J connectivity index is 1.29. The van der Waals surface area contributed by atoms with E-state index >= 15 is 0 Å². The van der Waals surface area contributed by atoms with Crippen molar-refractivity contribution in [3.8, 4) is 0 Å². The zero-order valence-electron chi connectivity index (χ0n) is 16.5. The van der Waals surface area contributed by atoms with Gasteiger partial charge in [0.25, 0.3) is 5.91 Å². The molecule has 1 aromatic carbocycles. The molecule has 8 nitrogen and oxygen atoms in total. The maximum atomic E-state index is 12.7. The molecule has 31 heavy (non-hydrogen) atoms. The highest BCUT2D eigenvalue weighted by Crippen LogP contribution is 2.41. The summed E-state index contributed by atoms with van der Waals surface area (Å²) in [5.41, 5.74) is 1.99. The number of aromatic nitrogens is 2. The summed E-state index contributed by atoms with van der Waals surface area (Å²) in [7, 11) is 1.70. The van der Waals surface area contributed by atoms with E-state index in [2.05, 4.69) is 20.8 Å². The van der Waals surface area contributed by atoms with Gasteiger partial charge in [-0.15, -0.1) is 11.3 Å². The van der Waals surface area contributed by atoms with Crippen LogP contribution in [0.1, 0.15) is 46.1 Å². The number of hydrogen-bond donors (Lipinski definition) is 2. The standard InChI is InChI=1S/C20H19Cl2N5O3S/c1-27(18(28)14-8-24-30-17(14)12-3-4-12)9-13-10-31-20(25-13)26-19(29)23-7-11-2-5-15(21)16(22)6-11/h2,5-6,8,10,12H,3-4,7,9H2,1H3,(H2,23,25,26,29). The number of carbonyl (C=O) groups is 2. The van der Waals surface area contributed by atoms with Gasteiger partial charge in [0.15, 0.2) is 10.9 Å². The Kier molecular flexibility index (Phi) is 6.45. The SMILES string of the molecule is CN(Cc1csc(NC(=O)NCc2ccc(Cl)c(Cl)c2)n1)C(=O)c1cnoc1C1CC1. The number of amides is 3. The predicted molar refractivity (Wildman–Crippen MR) is 119 cm³/mol. The van der Waals surface area contributed by atoms with Crippen molar-refractivity contribution in [2.24, 2.45) is 0 Å². The third-order valence-electron chi connectivity index (χ3n) is 4.73. The third kappa shape index (κ3) is 5.36. The Hall–Kier alpha value is -2.62. The van der Waals surface area contributed by atoms with E-state index in [0.717, 1.165) is 18.4 Å². The molecule has 0 spiro atoms. The second-order valence-electron chi connectivity index (χ2n) is 7.24. The van der Waals surface area contributed by atoms with Gasteiger partial charge in [0.2, 0.25) is 0 Å². The van der Waals surface area contributed by atoms with E-state index in [-0.39, 0.29) is 5.91 Å². The predicted octanol–water partition coefficient (Wildman–Crippen LogP) is 4.91.